The molecule has 0 spiro atoms. The van der Waals surface area contributed by atoms with Gasteiger partial charge in [0, 0.05) is 23.2 Å². The number of methoxy groups -OCH3 is 1. The zero-order valence-electron chi connectivity index (χ0n) is 10.9. The van der Waals surface area contributed by atoms with E-state index < -0.39 is 0 Å². The van der Waals surface area contributed by atoms with Crippen LogP contribution in [0.1, 0.15) is 25.8 Å². The van der Waals surface area contributed by atoms with E-state index >= 15 is 0 Å². The third kappa shape index (κ3) is 3.75. The van der Waals surface area contributed by atoms with Gasteiger partial charge in [0.15, 0.2) is 0 Å². The minimum atomic E-state index is -0.310. The van der Waals surface area contributed by atoms with Crippen LogP contribution in [0.25, 0.3) is 0 Å². The van der Waals surface area contributed by atoms with Crippen LogP contribution >= 0.6 is 23.2 Å². The number of benzene rings is 1. The highest BCUT2D eigenvalue weighted by Crippen LogP contribution is 2.31. The summed E-state index contributed by atoms with van der Waals surface area (Å²) in [6, 6.07) is 3.48. The molecule has 0 heterocycles. The van der Waals surface area contributed by atoms with Gasteiger partial charge < -0.3 is 15.2 Å². The van der Waals surface area contributed by atoms with Crippen molar-refractivity contribution in [2.24, 2.45) is 0 Å². The van der Waals surface area contributed by atoms with Crippen LogP contribution in [0.3, 0.4) is 0 Å². The summed E-state index contributed by atoms with van der Waals surface area (Å²) in [5.74, 6) is 0.561. The summed E-state index contributed by atoms with van der Waals surface area (Å²) in [4.78, 5) is 0. The van der Waals surface area contributed by atoms with Crippen LogP contribution in [-0.2, 0) is 6.54 Å². The third-order valence-electron chi connectivity index (χ3n) is 3.16. The number of ether oxygens (including phenoxy) is 1. The van der Waals surface area contributed by atoms with Gasteiger partial charge in [-0.1, -0.05) is 30.1 Å². The Kier molecular flexibility index (Phi) is 5.73. The van der Waals surface area contributed by atoms with E-state index in [4.69, 9.17) is 27.9 Å². The fourth-order valence-electron chi connectivity index (χ4n) is 1.46. The van der Waals surface area contributed by atoms with Crippen molar-refractivity contribution in [2.45, 2.75) is 32.4 Å². The lowest BCUT2D eigenvalue weighted by Gasteiger charge is -2.27. The predicted octanol–water partition coefficient (Wildman–Crippen LogP) is 3.25. The minimum Gasteiger partial charge on any atom is -0.495 e. The number of hydrogen-bond acceptors (Lipinski definition) is 3. The first-order valence-electron chi connectivity index (χ1n) is 5.83. The molecule has 0 radical (unpaired) electrons. The van der Waals surface area contributed by atoms with Crippen molar-refractivity contribution >= 4 is 23.2 Å². The lowest BCUT2D eigenvalue weighted by molar-refractivity contribution is 0.169. The Morgan fingerprint density at radius 2 is 2.00 bits per heavy atom. The summed E-state index contributed by atoms with van der Waals surface area (Å²) in [6.45, 7) is 4.61. The van der Waals surface area contributed by atoms with Crippen molar-refractivity contribution in [1.82, 2.24) is 5.32 Å². The SMILES string of the molecule is CCC(C)(CO)NCc1cc(Cl)c(OC)cc1Cl. The van der Waals surface area contributed by atoms with Gasteiger partial charge in [-0.3, -0.25) is 0 Å². The topological polar surface area (TPSA) is 41.5 Å². The molecule has 1 aromatic rings. The van der Waals surface area contributed by atoms with Gasteiger partial charge >= 0.3 is 0 Å². The maximum atomic E-state index is 9.33. The van der Waals surface area contributed by atoms with E-state index in [9.17, 15) is 5.11 Å². The van der Waals surface area contributed by atoms with Crippen molar-refractivity contribution in [3.05, 3.63) is 27.7 Å². The van der Waals surface area contributed by atoms with Crippen molar-refractivity contribution in [2.75, 3.05) is 13.7 Å². The maximum absolute atomic E-state index is 9.33. The molecular weight excluding hydrogens is 273 g/mol. The van der Waals surface area contributed by atoms with E-state index in [2.05, 4.69) is 5.32 Å². The Bertz CT molecular complexity index is 406. The van der Waals surface area contributed by atoms with Crippen LogP contribution in [0.4, 0.5) is 0 Å². The first kappa shape index (κ1) is 15.6. The van der Waals surface area contributed by atoms with Crippen LogP contribution in [0.5, 0.6) is 5.75 Å². The van der Waals surface area contributed by atoms with Gasteiger partial charge in [0.1, 0.15) is 5.75 Å². The zero-order chi connectivity index (χ0) is 13.8. The highest BCUT2D eigenvalue weighted by Gasteiger charge is 2.20. The molecule has 1 unspecified atom stereocenters. The lowest BCUT2D eigenvalue weighted by atomic mass is 10.00. The van der Waals surface area contributed by atoms with Crippen LogP contribution in [-0.4, -0.2) is 24.4 Å². The van der Waals surface area contributed by atoms with Crippen molar-refractivity contribution in [1.29, 1.82) is 0 Å². The van der Waals surface area contributed by atoms with Crippen LogP contribution < -0.4 is 10.1 Å². The summed E-state index contributed by atoms with van der Waals surface area (Å²) in [7, 11) is 1.55. The van der Waals surface area contributed by atoms with E-state index in [1.165, 1.54) is 0 Å². The Morgan fingerprint density at radius 1 is 1.33 bits per heavy atom. The van der Waals surface area contributed by atoms with Gasteiger partial charge in [0.05, 0.1) is 18.7 Å². The number of rotatable bonds is 6. The molecule has 0 saturated heterocycles. The standard InChI is InChI=1S/C13H19Cl2NO2/c1-4-13(2,8-17)16-7-9-5-11(15)12(18-3)6-10(9)14/h5-6,16-17H,4,7-8H2,1-3H3. The Labute approximate surface area is 118 Å². The summed E-state index contributed by atoms with van der Waals surface area (Å²) in [5.41, 5.74) is 0.575. The predicted molar refractivity (Wildman–Crippen MR) is 75.6 cm³/mol. The van der Waals surface area contributed by atoms with E-state index in [-0.39, 0.29) is 12.1 Å². The molecule has 2 N–H and O–H groups in total. The monoisotopic (exact) mass is 291 g/mol. The molecule has 102 valence electrons. The first-order chi connectivity index (χ1) is 8.45. The molecule has 0 aromatic heterocycles. The fraction of sp³-hybridized carbons (Fsp3) is 0.538. The highest BCUT2D eigenvalue weighted by atomic mass is 35.5. The van der Waals surface area contributed by atoms with Crippen molar-refractivity contribution < 1.29 is 9.84 Å². The lowest BCUT2D eigenvalue weighted by Crippen LogP contribution is -2.44. The average Bonchev–Trinajstić information content (AvgIpc) is 2.38. The van der Waals surface area contributed by atoms with Gasteiger partial charge in [-0.25, -0.2) is 0 Å². The van der Waals surface area contributed by atoms with E-state index in [0.717, 1.165) is 12.0 Å². The van der Waals surface area contributed by atoms with Crippen LogP contribution in [0.15, 0.2) is 12.1 Å². The molecular formula is C13H19Cl2NO2. The summed E-state index contributed by atoms with van der Waals surface area (Å²) in [6.07, 6.45) is 0.824. The number of nitrogens with one attached hydrogen (secondary N) is 1. The van der Waals surface area contributed by atoms with Crippen molar-refractivity contribution in [3.8, 4) is 5.75 Å². The molecule has 0 fully saturated rings. The summed E-state index contributed by atoms with van der Waals surface area (Å²) >= 11 is 12.2. The molecule has 18 heavy (non-hydrogen) atoms. The first-order valence-corrected chi connectivity index (χ1v) is 6.59. The average molecular weight is 292 g/mol. The quantitative estimate of drug-likeness (QED) is 0.845. The maximum Gasteiger partial charge on any atom is 0.138 e. The molecule has 0 aliphatic rings. The second-order valence-corrected chi connectivity index (χ2v) is 5.32. The summed E-state index contributed by atoms with van der Waals surface area (Å²) in [5, 5.41) is 13.7. The largest absolute Gasteiger partial charge is 0.495 e. The molecule has 0 aliphatic heterocycles. The molecule has 5 heteroatoms. The van der Waals surface area contributed by atoms with E-state index in [0.29, 0.717) is 22.3 Å². The normalized spacial score (nSPS) is 14.3. The van der Waals surface area contributed by atoms with Gasteiger partial charge in [-0.05, 0) is 25.0 Å². The Balaban J connectivity index is 2.83. The Hall–Kier alpha value is -0.480. The highest BCUT2D eigenvalue weighted by molar-refractivity contribution is 6.34. The fourth-order valence-corrected chi connectivity index (χ4v) is 1.95. The molecule has 0 amide bonds. The smallest absolute Gasteiger partial charge is 0.138 e. The summed E-state index contributed by atoms with van der Waals surface area (Å²) < 4.78 is 5.09. The van der Waals surface area contributed by atoms with E-state index in [1.807, 2.05) is 13.8 Å². The van der Waals surface area contributed by atoms with Crippen molar-refractivity contribution in [3.63, 3.8) is 0 Å². The van der Waals surface area contributed by atoms with Crippen LogP contribution in [0.2, 0.25) is 10.0 Å². The number of aliphatic hydroxyl groups excluding tert-OH is 1. The zero-order valence-corrected chi connectivity index (χ0v) is 12.4. The van der Waals surface area contributed by atoms with E-state index in [1.54, 1.807) is 19.2 Å². The van der Waals surface area contributed by atoms with Gasteiger partial charge in [0.25, 0.3) is 0 Å². The van der Waals surface area contributed by atoms with Crippen LogP contribution in [0, 0.1) is 0 Å². The number of aliphatic hydroxyl groups is 1. The molecule has 3 nitrogen and oxygen atoms in total. The second kappa shape index (κ2) is 6.62. The number of halogens is 2. The third-order valence-corrected chi connectivity index (χ3v) is 3.80. The Morgan fingerprint density at radius 3 is 2.50 bits per heavy atom. The van der Waals surface area contributed by atoms with Gasteiger partial charge in [-0.2, -0.15) is 0 Å². The van der Waals surface area contributed by atoms with Gasteiger partial charge in [-0.15, -0.1) is 0 Å². The molecule has 0 bridgehead atoms. The molecule has 0 aliphatic carbocycles. The number of hydrogen-bond donors (Lipinski definition) is 2. The molecule has 0 saturated carbocycles. The molecule has 1 atom stereocenters. The second-order valence-electron chi connectivity index (χ2n) is 4.50. The minimum absolute atomic E-state index is 0.0744. The van der Waals surface area contributed by atoms with Gasteiger partial charge in [0.2, 0.25) is 0 Å². The molecule has 1 rings (SSSR count). The molecule has 1 aromatic carbocycles.